The average molecular weight is 336 g/mol. The molecule has 2 aromatic carbocycles. The van der Waals surface area contributed by atoms with Crippen LogP contribution in [0.4, 0.5) is 16.2 Å². The third kappa shape index (κ3) is 3.28. The summed E-state index contributed by atoms with van der Waals surface area (Å²) in [6.45, 7) is 13.8. The molecule has 0 aromatic heterocycles. The fourth-order valence-electron chi connectivity index (χ4n) is 3.29. The summed E-state index contributed by atoms with van der Waals surface area (Å²) in [6, 6.07) is 14.6. The number of rotatable bonds is 1. The van der Waals surface area contributed by atoms with Gasteiger partial charge in [0.15, 0.2) is 0 Å². The van der Waals surface area contributed by atoms with Gasteiger partial charge < -0.3 is 5.32 Å². The van der Waals surface area contributed by atoms with Crippen molar-refractivity contribution in [2.24, 2.45) is 0 Å². The van der Waals surface area contributed by atoms with Crippen molar-refractivity contribution in [1.29, 1.82) is 0 Å². The van der Waals surface area contributed by atoms with Gasteiger partial charge in [-0.15, -0.1) is 0 Å². The number of fused-ring (bicyclic) bond motifs is 1. The van der Waals surface area contributed by atoms with Crippen LogP contribution in [-0.2, 0) is 17.4 Å². The largest absolute Gasteiger partial charge is 0.333 e. The molecule has 132 valence electrons. The summed E-state index contributed by atoms with van der Waals surface area (Å²) in [7, 11) is 0. The summed E-state index contributed by atoms with van der Waals surface area (Å²) in [5.41, 5.74) is 5.46. The van der Waals surface area contributed by atoms with Crippen molar-refractivity contribution in [3.05, 3.63) is 59.2 Å². The number of para-hydroxylation sites is 1. The van der Waals surface area contributed by atoms with Gasteiger partial charge in [0.05, 0.1) is 11.4 Å². The van der Waals surface area contributed by atoms with Crippen molar-refractivity contribution < 1.29 is 4.79 Å². The summed E-state index contributed by atoms with van der Waals surface area (Å²) in [4.78, 5) is 14.7. The highest BCUT2D eigenvalue weighted by Gasteiger charge is 2.31. The van der Waals surface area contributed by atoms with Gasteiger partial charge in [0.2, 0.25) is 0 Å². The predicted octanol–water partition coefficient (Wildman–Crippen LogP) is 5.64. The monoisotopic (exact) mass is 336 g/mol. The van der Waals surface area contributed by atoms with E-state index in [1.165, 1.54) is 11.1 Å². The van der Waals surface area contributed by atoms with Gasteiger partial charge in [0, 0.05) is 6.54 Å². The van der Waals surface area contributed by atoms with Crippen LogP contribution in [0.25, 0.3) is 0 Å². The summed E-state index contributed by atoms with van der Waals surface area (Å²) < 4.78 is 0. The van der Waals surface area contributed by atoms with E-state index in [9.17, 15) is 4.79 Å². The first-order valence-corrected chi connectivity index (χ1v) is 8.90. The number of nitrogens with one attached hydrogen (secondary N) is 1. The van der Waals surface area contributed by atoms with Gasteiger partial charge in [-0.3, -0.25) is 4.90 Å². The Morgan fingerprint density at radius 3 is 2.20 bits per heavy atom. The van der Waals surface area contributed by atoms with Crippen LogP contribution in [0.5, 0.6) is 0 Å². The highest BCUT2D eigenvalue weighted by Crippen LogP contribution is 2.40. The number of carbonyl (C=O) groups is 1. The molecule has 3 heteroatoms. The third-order valence-electron chi connectivity index (χ3n) is 4.78. The second-order valence-electron chi connectivity index (χ2n) is 8.85. The van der Waals surface area contributed by atoms with Gasteiger partial charge in [0.25, 0.3) is 0 Å². The molecule has 25 heavy (non-hydrogen) atoms. The molecule has 1 aliphatic rings. The SMILES string of the molecule is CC(C)(C)c1ccc(C(C)(C)C)c(N2C(=O)NCc3ccccc32)c1. The minimum absolute atomic E-state index is 0.0247. The Bertz CT molecular complexity index is 810. The summed E-state index contributed by atoms with van der Waals surface area (Å²) in [6.07, 6.45) is 0. The Kier molecular flexibility index (Phi) is 4.14. The smallest absolute Gasteiger partial charge is 0.326 e. The van der Waals surface area contributed by atoms with Crippen molar-refractivity contribution in [2.75, 3.05) is 4.90 Å². The van der Waals surface area contributed by atoms with Gasteiger partial charge in [-0.25, -0.2) is 4.79 Å². The Balaban J connectivity index is 2.26. The van der Waals surface area contributed by atoms with Gasteiger partial charge in [-0.05, 0) is 39.7 Å². The molecule has 3 nitrogen and oxygen atoms in total. The molecule has 0 radical (unpaired) electrons. The normalized spacial score (nSPS) is 15.0. The Hall–Kier alpha value is -2.29. The van der Waals surface area contributed by atoms with Crippen molar-refractivity contribution in [3.8, 4) is 0 Å². The Labute approximate surface area is 151 Å². The molecule has 0 saturated carbocycles. The van der Waals surface area contributed by atoms with Crippen LogP contribution in [0, 0.1) is 0 Å². The van der Waals surface area contributed by atoms with E-state index >= 15 is 0 Å². The minimum atomic E-state index is -0.0599. The number of hydrogen-bond acceptors (Lipinski definition) is 1. The molecule has 1 heterocycles. The van der Waals surface area contributed by atoms with Gasteiger partial charge in [0.1, 0.15) is 0 Å². The fraction of sp³-hybridized carbons (Fsp3) is 0.409. The molecule has 3 rings (SSSR count). The van der Waals surface area contributed by atoms with E-state index in [0.717, 1.165) is 16.9 Å². The number of anilines is 2. The second kappa shape index (κ2) is 5.91. The lowest BCUT2D eigenvalue weighted by Crippen LogP contribution is -2.42. The molecule has 1 aliphatic heterocycles. The fourth-order valence-corrected chi connectivity index (χ4v) is 3.29. The molecule has 0 unspecified atom stereocenters. The van der Waals surface area contributed by atoms with Crippen molar-refractivity contribution in [3.63, 3.8) is 0 Å². The number of amides is 2. The van der Waals surface area contributed by atoms with Crippen molar-refractivity contribution in [1.82, 2.24) is 5.32 Å². The molecule has 1 N–H and O–H groups in total. The quantitative estimate of drug-likeness (QED) is 0.718. The zero-order valence-electron chi connectivity index (χ0n) is 16.1. The maximum absolute atomic E-state index is 12.8. The van der Waals surface area contributed by atoms with E-state index in [0.29, 0.717) is 6.54 Å². The maximum Gasteiger partial charge on any atom is 0.326 e. The first-order chi connectivity index (χ1) is 11.6. The van der Waals surface area contributed by atoms with E-state index in [-0.39, 0.29) is 16.9 Å². The van der Waals surface area contributed by atoms with Crippen LogP contribution in [-0.4, -0.2) is 6.03 Å². The van der Waals surface area contributed by atoms with E-state index < -0.39 is 0 Å². The molecule has 2 aromatic rings. The molecular weight excluding hydrogens is 308 g/mol. The highest BCUT2D eigenvalue weighted by atomic mass is 16.2. The average Bonchev–Trinajstić information content (AvgIpc) is 2.52. The number of benzene rings is 2. The van der Waals surface area contributed by atoms with E-state index in [1.807, 2.05) is 23.1 Å². The molecule has 2 amide bonds. The van der Waals surface area contributed by atoms with Crippen LogP contribution in [0.3, 0.4) is 0 Å². The summed E-state index contributed by atoms with van der Waals surface area (Å²) >= 11 is 0. The first kappa shape index (κ1) is 17.5. The number of hydrogen-bond donors (Lipinski definition) is 1. The van der Waals surface area contributed by atoms with Gasteiger partial charge in [-0.2, -0.15) is 0 Å². The number of carbonyl (C=O) groups excluding carboxylic acids is 1. The topological polar surface area (TPSA) is 32.3 Å². The lowest BCUT2D eigenvalue weighted by Gasteiger charge is -2.35. The zero-order valence-corrected chi connectivity index (χ0v) is 16.1. The van der Waals surface area contributed by atoms with Crippen LogP contribution < -0.4 is 10.2 Å². The van der Waals surface area contributed by atoms with Crippen molar-refractivity contribution in [2.45, 2.75) is 58.9 Å². The molecule has 0 fully saturated rings. The molecule has 0 spiro atoms. The maximum atomic E-state index is 12.8. The number of nitrogens with zero attached hydrogens (tertiary/aromatic N) is 1. The Morgan fingerprint density at radius 2 is 1.56 bits per heavy atom. The predicted molar refractivity (Wildman–Crippen MR) is 105 cm³/mol. The van der Waals surface area contributed by atoms with Crippen molar-refractivity contribution >= 4 is 17.4 Å². The summed E-state index contributed by atoms with van der Waals surface area (Å²) in [5.74, 6) is 0. The Morgan fingerprint density at radius 1 is 0.880 bits per heavy atom. The standard InChI is InChI=1S/C22H28N2O/c1-21(2,3)16-11-12-17(22(4,5)6)19(13-16)24-18-10-8-7-9-15(18)14-23-20(24)25/h7-13H,14H2,1-6H3,(H,23,25). The van der Waals surface area contributed by atoms with Crippen LogP contribution >= 0.6 is 0 Å². The lowest BCUT2D eigenvalue weighted by atomic mass is 9.80. The number of urea groups is 1. The van der Waals surface area contributed by atoms with Crippen LogP contribution in [0.2, 0.25) is 0 Å². The molecule has 0 aliphatic carbocycles. The zero-order chi connectivity index (χ0) is 18.4. The molecule has 0 bridgehead atoms. The van der Waals surface area contributed by atoms with Crippen LogP contribution in [0.15, 0.2) is 42.5 Å². The van der Waals surface area contributed by atoms with Gasteiger partial charge >= 0.3 is 6.03 Å². The van der Waals surface area contributed by atoms with Gasteiger partial charge in [-0.1, -0.05) is 71.9 Å². The van der Waals surface area contributed by atoms with E-state index in [2.05, 4.69) is 71.1 Å². The second-order valence-corrected chi connectivity index (χ2v) is 8.85. The van der Waals surface area contributed by atoms with E-state index in [1.54, 1.807) is 0 Å². The molecule has 0 saturated heterocycles. The third-order valence-corrected chi connectivity index (χ3v) is 4.78. The first-order valence-electron chi connectivity index (χ1n) is 8.90. The highest BCUT2D eigenvalue weighted by molar-refractivity contribution is 6.02. The van der Waals surface area contributed by atoms with E-state index in [4.69, 9.17) is 0 Å². The molecule has 0 atom stereocenters. The summed E-state index contributed by atoms with van der Waals surface area (Å²) in [5, 5.41) is 3.01. The van der Waals surface area contributed by atoms with Crippen LogP contribution in [0.1, 0.15) is 58.2 Å². The lowest BCUT2D eigenvalue weighted by molar-refractivity contribution is 0.247. The minimum Gasteiger partial charge on any atom is -0.333 e. The molecular formula is C22H28N2O.